The lowest BCUT2D eigenvalue weighted by Crippen LogP contribution is -2.30. The molecule has 0 atom stereocenters. The first-order chi connectivity index (χ1) is 10.7. The van der Waals surface area contributed by atoms with Crippen LogP contribution < -0.4 is 9.30 Å². The molecule has 2 aromatic carbocycles. The molecular formula is C19H16NOS+. The van der Waals surface area contributed by atoms with Crippen molar-refractivity contribution < 1.29 is 9.30 Å². The van der Waals surface area contributed by atoms with Crippen molar-refractivity contribution in [1.82, 2.24) is 0 Å². The van der Waals surface area contributed by atoms with E-state index in [0.717, 1.165) is 11.5 Å². The van der Waals surface area contributed by atoms with Gasteiger partial charge < -0.3 is 4.74 Å². The van der Waals surface area contributed by atoms with E-state index in [4.69, 9.17) is 4.74 Å². The van der Waals surface area contributed by atoms with Gasteiger partial charge in [0.1, 0.15) is 18.5 Å². The molecule has 4 rings (SSSR count). The fraction of sp³-hybridized carbons (Fsp3) is 0.105. The topological polar surface area (TPSA) is 13.1 Å². The summed E-state index contributed by atoms with van der Waals surface area (Å²) >= 11 is 1.79. The Morgan fingerprint density at radius 1 is 0.909 bits per heavy atom. The Morgan fingerprint density at radius 3 is 2.59 bits per heavy atom. The SMILES string of the molecule is Cc1ccc2c(c1-c1cccc[n+]1C)Sc1ccccc1O2. The summed E-state index contributed by atoms with van der Waals surface area (Å²) in [7, 11) is 2.08. The summed E-state index contributed by atoms with van der Waals surface area (Å²) in [4.78, 5) is 2.36. The van der Waals surface area contributed by atoms with Crippen molar-refractivity contribution in [3.05, 3.63) is 66.4 Å². The summed E-state index contributed by atoms with van der Waals surface area (Å²) in [6, 6.07) is 18.7. The lowest BCUT2D eigenvalue weighted by atomic mass is 10.0. The van der Waals surface area contributed by atoms with Crippen molar-refractivity contribution in [3.63, 3.8) is 0 Å². The standard InChI is InChI=1S/C19H16NOS/c1-13-10-11-16-19(18(13)14-7-5-6-12-20(14)2)22-17-9-4-3-8-15(17)21-16/h3-12H,1-2H3/q+1. The second kappa shape index (κ2) is 5.18. The molecule has 0 amide bonds. The molecular weight excluding hydrogens is 290 g/mol. The Kier molecular flexibility index (Phi) is 3.16. The molecule has 0 fully saturated rings. The molecule has 3 heteroatoms. The number of aryl methyl sites for hydroxylation is 2. The maximum absolute atomic E-state index is 6.10. The average Bonchev–Trinajstić information content (AvgIpc) is 2.54. The van der Waals surface area contributed by atoms with Gasteiger partial charge in [0, 0.05) is 12.1 Å². The number of para-hydroxylation sites is 1. The quantitative estimate of drug-likeness (QED) is 0.471. The van der Waals surface area contributed by atoms with Crippen LogP contribution in [0.2, 0.25) is 0 Å². The second-order valence-electron chi connectivity index (χ2n) is 5.43. The van der Waals surface area contributed by atoms with Crippen LogP contribution in [0.3, 0.4) is 0 Å². The van der Waals surface area contributed by atoms with Gasteiger partial charge in [0.15, 0.2) is 6.20 Å². The number of ether oxygens (including phenoxy) is 1. The molecule has 0 N–H and O–H groups in total. The van der Waals surface area contributed by atoms with Gasteiger partial charge in [-0.15, -0.1) is 0 Å². The van der Waals surface area contributed by atoms with Gasteiger partial charge in [-0.25, -0.2) is 4.57 Å². The Morgan fingerprint density at radius 2 is 1.73 bits per heavy atom. The van der Waals surface area contributed by atoms with E-state index in [9.17, 15) is 0 Å². The van der Waals surface area contributed by atoms with E-state index in [1.54, 1.807) is 11.8 Å². The molecule has 108 valence electrons. The third kappa shape index (κ3) is 2.09. The van der Waals surface area contributed by atoms with E-state index >= 15 is 0 Å². The van der Waals surface area contributed by atoms with Crippen LogP contribution in [0, 0.1) is 6.92 Å². The molecule has 22 heavy (non-hydrogen) atoms. The zero-order chi connectivity index (χ0) is 15.1. The highest BCUT2D eigenvalue weighted by Gasteiger charge is 2.25. The third-order valence-corrected chi connectivity index (χ3v) is 5.09. The molecule has 1 aliphatic rings. The number of pyridine rings is 1. The Labute approximate surface area is 134 Å². The first kappa shape index (κ1) is 13.4. The molecule has 0 saturated heterocycles. The molecule has 0 aliphatic carbocycles. The average molecular weight is 306 g/mol. The van der Waals surface area contributed by atoms with E-state index < -0.39 is 0 Å². The molecule has 3 aromatic rings. The molecule has 0 spiro atoms. The first-order valence-electron chi connectivity index (χ1n) is 7.27. The van der Waals surface area contributed by atoms with Crippen molar-refractivity contribution in [2.24, 2.45) is 7.05 Å². The van der Waals surface area contributed by atoms with E-state index in [-0.39, 0.29) is 0 Å². The Hall–Kier alpha value is -2.26. The van der Waals surface area contributed by atoms with Crippen LogP contribution in [-0.4, -0.2) is 0 Å². The predicted molar refractivity (Wildman–Crippen MR) is 88.4 cm³/mol. The highest BCUT2D eigenvalue weighted by molar-refractivity contribution is 7.99. The van der Waals surface area contributed by atoms with Crippen molar-refractivity contribution in [2.75, 3.05) is 0 Å². The fourth-order valence-electron chi connectivity index (χ4n) is 2.79. The number of hydrogen-bond donors (Lipinski definition) is 0. The largest absolute Gasteiger partial charge is 0.455 e. The molecule has 2 heterocycles. The van der Waals surface area contributed by atoms with Gasteiger partial charge in [-0.1, -0.05) is 30.0 Å². The van der Waals surface area contributed by atoms with Crippen LogP contribution in [0.5, 0.6) is 11.5 Å². The van der Waals surface area contributed by atoms with E-state index in [0.29, 0.717) is 0 Å². The number of benzene rings is 2. The van der Waals surface area contributed by atoms with E-state index in [2.05, 4.69) is 61.1 Å². The second-order valence-corrected chi connectivity index (χ2v) is 6.48. The molecule has 0 saturated carbocycles. The van der Waals surface area contributed by atoms with Crippen molar-refractivity contribution in [3.8, 4) is 22.8 Å². The third-order valence-electron chi connectivity index (χ3n) is 3.92. The van der Waals surface area contributed by atoms with Gasteiger partial charge in [0.05, 0.1) is 15.4 Å². The number of nitrogens with zero attached hydrogens (tertiary/aromatic N) is 1. The highest BCUT2D eigenvalue weighted by atomic mass is 32.2. The molecule has 2 nitrogen and oxygen atoms in total. The van der Waals surface area contributed by atoms with Crippen LogP contribution in [0.4, 0.5) is 0 Å². The van der Waals surface area contributed by atoms with Crippen molar-refractivity contribution in [2.45, 2.75) is 16.7 Å². The number of aromatic nitrogens is 1. The number of rotatable bonds is 1. The minimum absolute atomic E-state index is 0.937. The molecule has 1 aromatic heterocycles. The molecule has 1 aliphatic heterocycles. The summed E-state index contributed by atoms with van der Waals surface area (Å²) in [6.07, 6.45) is 2.08. The summed E-state index contributed by atoms with van der Waals surface area (Å²) in [5.74, 6) is 1.88. The lowest BCUT2D eigenvalue weighted by Gasteiger charge is -2.22. The van der Waals surface area contributed by atoms with Crippen LogP contribution in [0.1, 0.15) is 5.56 Å². The summed E-state index contributed by atoms with van der Waals surface area (Å²) < 4.78 is 8.26. The van der Waals surface area contributed by atoms with Gasteiger partial charge in [-0.05, 0) is 36.8 Å². The van der Waals surface area contributed by atoms with Crippen LogP contribution in [0.25, 0.3) is 11.3 Å². The number of fused-ring (bicyclic) bond motifs is 2. The Bertz CT molecular complexity index is 873. The van der Waals surface area contributed by atoms with Crippen molar-refractivity contribution >= 4 is 11.8 Å². The maximum Gasteiger partial charge on any atom is 0.213 e. The highest BCUT2D eigenvalue weighted by Crippen LogP contribution is 2.51. The Balaban J connectivity index is 1.94. The minimum Gasteiger partial charge on any atom is -0.455 e. The van der Waals surface area contributed by atoms with Gasteiger partial charge in [-0.2, -0.15) is 0 Å². The van der Waals surface area contributed by atoms with Crippen molar-refractivity contribution in [1.29, 1.82) is 0 Å². The summed E-state index contributed by atoms with van der Waals surface area (Å²) in [6.45, 7) is 2.16. The van der Waals surface area contributed by atoms with Gasteiger partial charge in [0.2, 0.25) is 5.69 Å². The minimum atomic E-state index is 0.937. The van der Waals surface area contributed by atoms with E-state index in [1.807, 2.05) is 18.2 Å². The zero-order valence-corrected chi connectivity index (χ0v) is 13.4. The number of hydrogen-bond acceptors (Lipinski definition) is 2. The van der Waals surface area contributed by atoms with E-state index in [1.165, 1.54) is 26.6 Å². The molecule has 0 radical (unpaired) electrons. The van der Waals surface area contributed by atoms with Crippen LogP contribution in [-0.2, 0) is 7.05 Å². The molecule has 0 unspecified atom stereocenters. The summed E-state index contributed by atoms with van der Waals surface area (Å²) in [5.41, 5.74) is 3.71. The van der Waals surface area contributed by atoms with Gasteiger partial charge in [0.25, 0.3) is 0 Å². The first-order valence-corrected chi connectivity index (χ1v) is 8.09. The molecule has 0 bridgehead atoms. The smallest absolute Gasteiger partial charge is 0.213 e. The van der Waals surface area contributed by atoms with Gasteiger partial charge in [-0.3, -0.25) is 0 Å². The normalized spacial score (nSPS) is 12.3. The van der Waals surface area contributed by atoms with Gasteiger partial charge >= 0.3 is 0 Å². The maximum atomic E-state index is 6.10. The monoisotopic (exact) mass is 306 g/mol. The van der Waals surface area contributed by atoms with Crippen LogP contribution >= 0.6 is 11.8 Å². The fourth-order valence-corrected chi connectivity index (χ4v) is 3.95. The van der Waals surface area contributed by atoms with Crippen LogP contribution in [0.15, 0.2) is 70.6 Å². The summed E-state index contributed by atoms with van der Waals surface area (Å²) in [5, 5.41) is 0. The zero-order valence-electron chi connectivity index (χ0n) is 12.5. The lowest BCUT2D eigenvalue weighted by molar-refractivity contribution is -0.660. The predicted octanol–water partition coefficient (Wildman–Crippen LogP) is 4.74.